The second kappa shape index (κ2) is 6.95. The summed E-state index contributed by atoms with van der Waals surface area (Å²) in [5.74, 6) is 0.688. The SMILES string of the molecule is COC(=O)[C@@H](C)[C@H]1CC[C@H]2[C@@H]3[C@H](O)C[C@H]4C[C@@H](O)CC[C@]4(C)[C@H]3C[C@@H](O)[C@]12C. The molecule has 3 N–H and O–H groups in total. The van der Waals surface area contributed by atoms with E-state index in [-0.39, 0.29) is 58.6 Å². The fourth-order valence-corrected chi connectivity index (χ4v) is 8.37. The van der Waals surface area contributed by atoms with Crippen molar-refractivity contribution in [1.29, 1.82) is 0 Å². The molecule has 4 aliphatic rings. The molecule has 4 rings (SSSR count). The number of rotatable bonds is 2. The molecule has 4 saturated carbocycles. The first kappa shape index (κ1) is 20.6. The molecule has 0 heterocycles. The lowest BCUT2D eigenvalue weighted by Gasteiger charge is -2.63. The van der Waals surface area contributed by atoms with Crippen molar-refractivity contribution in [3.05, 3.63) is 0 Å². The van der Waals surface area contributed by atoms with Gasteiger partial charge in [0.15, 0.2) is 0 Å². The van der Waals surface area contributed by atoms with Gasteiger partial charge in [0, 0.05) is 5.41 Å². The fourth-order valence-electron chi connectivity index (χ4n) is 8.37. The number of methoxy groups -OCH3 is 1. The lowest BCUT2D eigenvalue weighted by molar-refractivity contribution is -0.207. The molecule has 0 radical (unpaired) electrons. The number of carbonyl (C=O) groups is 1. The summed E-state index contributed by atoms with van der Waals surface area (Å²) in [7, 11) is 1.43. The first-order valence-corrected chi connectivity index (χ1v) is 11.3. The van der Waals surface area contributed by atoms with Gasteiger partial charge >= 0.3 is 5.97 Å². The van der Waals surface area contributed by atoms with E-state index in [1.54, 1.807) is 0 Å². The van der Waals surface area contributed by atoms with E-state index in [0.717, 1.165) is 38.5 Å². The van der Waals surface area contributed by atoms with Crippen LogP contribution < -0.4 is 0 Å². The van der Waals surface area contributed by atoms with Crippen molar-refractivity contribution in [1.82, 2.24) is 0 Å². The van der Waals surface area contributed by atoms with Gasteiger partial charge in [-0.2, -0.15) is 0 Å². The van der Waals surface area contributed by atoms with Crippen LogP contribution in [0, 0.1) is 46.3 Å². The minimum Gasteiger partial charge on any atom is -0.469 e. The Bertz CT molecular complexity index is 622. The van der Waals surface area contributed by atoms with Crippen molar-refractivity contribution in [2.75, 3.05) is 7.11 Å². The maximum atomic E-state index is 12.3. The molecule has 0 spiro atoms. The molecule has 0 aromatic rings. The van der Waals surface area contributed by atoms with Gasteiger partial charge in [0.2, 0.25) is 0 Å². The second-order valence-electron chi connectivity index (χ2n) is 10.8. The fraction of sp³-hybridized carbons (Fsp3) is 0.957. The van der Waals surface area contributed by atoms with Crippen LogP contribution in [0.25, 0.3) is 0 Å². The molecule has 160 valence electrons. The van der Waals surface area contributed by atoms with E-state index in [1.807, 2.05) is 6.92 Å². The third-order valence-corrected chi connectivity index (χ3v) is 10.0. The van der Waals surface area contributed by atoms with Gasteiger partial charge in [0.1, 0.15) is 0 Å². The lowest BCUT2D eigenvalue weighted by Crippen LogP contribution is -2.62. The highest BCUT2D eigenvalue weighted by atomic mass is 16.5. The number of ether oxygens (including phenoxy) is 1. The molecule has 0 saturated heterocycles. The molecule has 5 heteroatoms. The van der Waals surface area contributed by atoms with Gasteiger partial charge in [-0.25, -0.2) is 0 Å². The molecule has 4 fully saturated rings. The maximum Gasteiger partial charge on any atom is 0.308 e. The highest BCUT2D eigenvalue weighted by Crippen LogP contribution is 2.68. The Balaban J connectivity index is 1.67. The van der Waals surface area contributed by atoms with Gasteiger partial charge in [-0.15, -0.1) is 0 Å². The summed E-state index contributed by atoms with van der Waals surface area (Å²) >= 11 is 0. The Morgan fingerprint density at radius 2 is 1.75 bits per heavy atom. The summed E-state index contributed by atoms with van der Waals surface area (Å²) in [6, 6.07) is 0. The number of aliphatic hydroxyl groups excluding tert-OH is 3. The van der Waals surface area contributed by atoms with E-state index in [4.69, 9.17) is 4.74 Å². The van der Waals surface area contributed by atoms with Crippen molar-refractivity contribution in [2.45, 2.75) is 84.0 Å². The maximum absolute atomic E-state index is 12.3. The molecule has 0 bridgehead atoms. The van der Waals surface area contributed by atoms with Crippen LogP contribution in [0.2, 0.25) is 0 Å². The molecule has 4 aliphatic carbocycles. The molecule has 11 atom stereocenters. The van der Waals surface area contributed by atoms with E-state index >= 15 is 0 Å². The molecule has 0 unspecified atom stereocenters. The predicted molar refractivity (Wildman–Crippen MR) is 105 cm³/mol. The minimum absolute atomic E-state index is 0.0808. The Labute approximate surface area is 168 Å². The molecular formula is C23H38O5. The number of esters is 1. The van der Waals surface area contributed by atoms with Crippen LogP contribution in [-0.2, 0) is 9.53 Å². The average molecular weight is 395 g/mol. The molecule has 0 aromatic carbocycles. The van der Waals surface area contributed by atoms with Crippen molar-refractivity contribution in [2.24, 2.45) is 46.3 Å². The van der Waals surface area contributed by atoms with Crippen molar-refractivity contribution < 1.29 is 24.9 Å². The Kier molecular flexibility index (Phi) is 5.12. The zero-order valence-corrected chi connectivity index (χ0v) is 17.8. The van der Waals surface area contributed by atoms with Crippen LogP contribution in [0.15, 0.2) is 0 Å². The molecule has 0 aliphatic heterocycles. The number of hydrogen-bond acceptors (Lipinski definition) is 5. The van der Waals surface area contributed by atoms with Gasteiger partial charge < -0.3 is 20.1 Å². The second-order valence-corrected chi connectivity index (χ2v) is 10.8. The number of hydrogen-bond donors (Lipinski definition) is 3. The summed E-state index contributed by atoms with van der Waals surface area (Å²) in [5, 5.41) is 32.8. The van der Waals surface area contributed by atoms with Gasteiger partial charge in [0.05, 0.1) is 31.3 Å². The van der Waals surface area contributed by atoms with Crippen molar-refractivity contribution in [3.63, 3.8) is 0 Å². The molecule has 0 aromatic heterocycles. The molecule has 28 heavy (non-hydrogen) atoms. The Morgan fingerprint density at radius 3 is 2.43 bits per heavy atom. The van der Waals surface area contributed by atoms with Crippen LogP contribution in [-0.4, -0.2) is 46.7 Å². The first-order chi connectivity index (χ1) is 13.1. The highest BCUT2D eigenvalue weighted by Gasteiger charge is 2.66. The van der Waals surface area contributed by atoms with Crippen LogP contribution in [0.1, 0.15) is 65.7 Å². The van der Waals surface area contributed by atoms with E-state index in [1.165, 1.54) is 7.11 Å². The average Bonchev–Trinajstić information content (AvgIpc) is 3.01. The minimum atomic E-state index is -0.465. The standard InChI is InChI=1S/C23H38O5/c1-12(21(27)28-4)15-5-6-16-20-17(11-19(26)23(15,16)3)22(2)8-7-14(24)9-13(22)10-18(20)25/h12-20,24-26H,5-11H2,1-4H3/t12-,13+,14-,15+,16-,17-,18+,19+,20-,22-,23+/m0/s1. The van der Waals surface area contributed by atoms with Crippen LogP contribution in [0.5, 0.6) is 0 Å². The van der Waals surface area contributed by atoms with Crippen LogP contribution in [0.4, 0.5) is 0 Å². The zero-order valence-electron chi connectivity index (χ0n) is 17.8. The predicted octanol–water partition coefficient (Wildman–Crippen LogP) is 2.76. The van der Waals surface area contributed by atoms with Crippen LogP contribution in [0.3, 0.4) is 0 Å². The lowest BCUT2D eigenvalue weighted by atomic mass is 9.43. The van der Waals surface area contributed by atoms with Crippen molar-refractivity contribution >= 4 is 5.97 Å². The summed E-state index contributed by atoms with van der Waals surface area (Å²) in [6.07, 6.45) is 4.80. The highest BCUT2D eigenvalue weighted by molar-refractivity contribution is 5.72. The van der Waals surface area contributed by atoms with E-state index in [2.05, 4.69) is 13.8 Å². The summed E-state index contributed by atoms with van der Waals surface area (Å²) < 4.78 is 5.02. The largest absolute Gasteiger partial charge is 0.469 e. The van der Waals surface area contributed by atoms with E-state index in [9.17, 15) is 20.1 Å². The summed E-state index contributed by atoms with van der Waals surface area (Å²) in [5.41, 5.74) is -0.273. The Hall–Kier alpha value is -0.650. The third-order valence-electron chi connectivity index (χ3n) is 10.0. The van der Waals surface area contributed by atoms with Gasteiger partial charge in [-0.3, -0.25) is 4.79 Å². The van der Waals surface area contributed by atoms with E-state index < -0.39 is 6.10 Å². The number of fused-ring (bicyclic) bond motifs is 5. The zero-order chi connectivity index (χ0) is 20.4. The van der Waals surface area contributed by atoms with E-state index in [0.29, 0.717) is 12.3 Å². The molecule has 0 amide bonds. The quantitative estimate of drug-likeness (QED) is 0.627. The normalized spacial score (nSPS) is 54.2. The topological polar surface area (TPSA) is 87.0 Å². The monoisotopic (exact) mass is 394 g/mol. The summed E-state index contributed by atoms with van der Waals surface area (Å²) in [4.78, 5) is 12.3. The molecular weight excluding hydrogens is 356 g/mol. The molecule has 5 nitrogen and oxygen atoms in total. The number of carbonyl (C=O) groups excluding carboxylic acids is 1. The van der Waals surface area contributed by atoms with Gasteiger partial charge in [-0.1, -0.05) is 20.8 Å². The van der Waals surface area contributed by atoms with Crippen molar-refractivity contribution in [3.8, 4) is 0 Å². The Morgan fingerprint density at radius 1 is 1.04 bits per heavy atom. The summed E-state index contributed by atoms with van der Waals surface area (Å²) in [6.45, 7) is 6.42. The van der Waals surface area contributed by atoms with Crippen LogP contribution >= 0.6 is 0 Å². The first-order valence-electron chi connectivity index (χ1n) is 11.3. The number of aliphatic hydroxyl groups is 3. The van der Waals surface area contributed by atoms with Gasteiger partial charge in [-0.05, 0) is 80.0 Å². The smallest absolute Gasteiger partial charge is 0.308 e. The third kappa shape index (κ3) is 2.72. The van der Waals surface area contributed by atoms with Gasteiger partial charge in [0.25, 0.3) is 0 Å².